The minimum Gasteiger partial charge on any atom is -0.456 e. The molecule has 2 heterocycles. The van der Waals surface area contributed by atoms with Crippen molar-refractivity contribution in [3.05, 3.63) is 65.6 Å². The van der Waals surface area contributed by atoms with Gasteiger partial charge in [-0.3, -0.25) is 0 Å². The predicted octanol–water partition coefficient (Wildman–Crippen LogP) is 3.95. The quantitative estimate of drug-likeness (QED) is 0.541. The molecule has 0 spiro atoms. The highest BCUT2D eigenvalue weighted by Crippen LogP contribution is 2.26. The monoisotopic (exact) mass is 441 g/mol. The Balaban J connectivity index is 1.42. The summed E-state index contributed by atoms with van der Waals surface area (Å²) in [7, 11) is -1.94. The number of hydrogen-bond acceptors (Lipinski definition) is 5. The first-order valence-electron chi connectivity index (χ1n) is 10.5. The van der Waals surface area contributed by atoms with Gasteiger partial charge in [-0.15, -0.1) is 0 Å². The fourth-order valence-corrected chi connectivity index (χ4v) is 5.48. The van der Waals surface area contributed by atoms with Crippen LogP contribution in [0.5, 0.6) is 0 Å². The number of pyridine rings is 1. The van der Waals surface area contributed by atoms with Gasteiger partial charge < -0.3 is 9.14 Å². The number of aryl methyl sites for hydroxylation is 1. The third-order valence-electron chi connectivity index (χ3n) is 5.93. The Kier molecular flexibility index (Phi) is 6.11. The van der Waals surface area contributed by atoms with E-state index in [-0.39, 0.29) is 17.5 Å². The van der Waals surface area contributed by atoms with E-state index in [0.717, 1.165) is 43.3 Å². The van der Waals surface area contributed by atoms with Gasteiger partial charge in [-0.2, -0.15) is 4.31 Å². The molecule has 0 unspecified atom stereocenters. The molecule has 8 heteroatoms. The number of ether oxygens (including phenoxy) is 1. The molecule has 1 saturated carbocycles. The maximum atomic E-state index is 12.9. The summed E-state index contributed by atoms with van der Waals surface area (Å²) >= 11 is 0. The number of nitrogens with zero attached hydrogens (tertiary/aromatic N) is 3. The van der Waals surface area contributed by atoms with Crippen LogP contribution in [0, 0.1) is 6.92 Å². The number of aromatic nitrogens is 2. The first-order valence-corrected chi connectivity index (χ1v) is 12.0. The summed E-state index contributed by atoms with van der Waals surface area (Å²) in [5.74, 6) is -0.515. The first kappa shape index (κ1) is 21.5. The van der Waals surface area contributed by atoms with Crippen LogP contribution in [0.3, 0.4) is 0 Å². The Bertz CT molecular complexity index is 1180. The summed E-state index contributed by atoms with van der Waals surface area (Å²) in [5.41, 5.74) is 2.82. The molecule has 0 amide bonds. The maximum absolute atomic E-state index is 12.9. The minimum atomic E-state index is -3.59. The molecular weight excluding hydrogens is 414 g/mol. The molecule has 4 rings (SSSR count). The third kappa shape index (κ3) is 4.50. The molecule has 2 aromatic heterocycles. The predicted molar refractivity (Wildman–Crippen MR) is 117 cm³/mol. The van der Waals surface area contributed by atoms with Crippen LogP contribution in [0.15, 0.2) is 53.7 Å². The van der Waals surface area contributed by atoms with E-state index in [0.29, 0.717) is 11.3 Å². The molecule has 0 atom stereocenters. The summed E-state index contributed by atoms with van der Waals surface area (Å²) in [6, 6.07) is 9.88. The number of hydrogen-bond donors (Lipinski definition) is 0. The van der Waals surface area contributed by atoms with E-state index >= 15 is 0 Å². The maximum Gasteiger partial charge on any atom is 0.338 e. The highest BCUT2D eigenvalue weighted by atomic mass is 32.2. The van der Waals surface area contributed by atoms with Crippen LogP contribution in [0.1, 0.15) is 53.7 Å². The van der Waals surface area contributed by atoms with Crippen molar-refractivity contribution >= 4 is 21.6 Å². The minimum absolute atomic E-state index is 0.0393. The van der Waals surface area contributed by atoms with Gasteiger partial charge in [-0.25, -0.2) is 18.2 Å². The van der Waals surface area contributed by atoms with Gasteiger partial charge in [-0.1, -0.05) is 25.3 Å². The highest BCUT2D eigenvalue weighted by molar-refractivity contribution is 7.89. The van der Waals surface area contributed by atoms with E-state index in [9.17, 15) is 13.2 Å². The Hall–Kier alpha value is -2.71. The van der Waals surface area contributed by atoms with E-state index in [2.05, 4.69) is 4.98 Å². The Labute approximate surface area is 182 Å². The molecule has 3 aromatic rings. The van der Waals surface area contributed by atoms with Crippen LogP contribution >= 0.6 is 0 Å². The van der Waals surface area contributed by atoms with Crippen LogP contribution in [-0.4, -0.2) is 41.2 Å². The zero-order valence-electron chi connectivity index (χ0n) is 17.8. The number of carbonyl (C=O) groups is 1. The van der Waals surface area contributed by atoms with E-state index in [1.165, 1.54) is 28.6 Å². The van der Waals surface area contributed by atoms with Gasteiger partial charge >= 0.3 is 5.97 Å². The number of imidazole rings is 1. The fourth-order valence-electron chi connectivity index (χ4n) is 4.07. The zero-order chi connectivity index (χ0) is 22.0. The van der Waals surface area contributed by atoms with Crippen LogP contribution in [-0.2, 0) is 21.4 Å². The van der Waals surface area contributed by atoms with Crippen molar-refractivity contribution in [2.24, 2.45) is 0 Å². The molecule has 1 aliphatic carbocycles. The van der Waals surface area contributed by atoms with E-state index < -0.39 is 16.0 Å². The van der Waals surface area contributed by atoms with Crippen molar-refractivity contribution in [1.29, 1.82) is 0 Å². The van der Waals surface area contributed by atoms with Crippen molar-refractivity contribution in [2.75, 3.05) is 7.05 Å². The molecule has 1 fully saturated rings. The van der Waals surface area contributed by atoms with Gasteiger partial charge in [0.05, 0.1) is 16.2 Å². The molecular formula is C23H27N3O4S. The second kappa shape index (κ2) is 8.80. The average Bonchev–Trinajstić information content (AvgIpc) is 3.22. The molecule has 0 aliphatic heterocycles. The lowest BCUT2D eigenvalue weighted by molar-refractivity contribution is 0.0468. The van der Waals surface area contributed by atoms with E-state index in [1.54, 1.807) is 7.05 Å². The number of esters is 1. The average molecular weight is 442 g/mol. The normalized spacial score (nSPS) is 15.5. The summed E-state index contributed by atoms with van der Waals surface area (Å²) in [4.78, 5) is 17.1. The lowest BCUT2D eigenvalue weighted by Gasteiger charge is -2.30. The first-order chi connectivity index (χ1) is 14.9. The summed E-state index contributed by atoms with van der Waals surface area (Å²) in [6.07, 6.45) is 8.78. The van der Waals surface area contributed by atoms with Crippen LogP contribution in [0.4, 0.5) is 0 Å². The van der Waals surface area contributed by atoms with Gasteiger partial charge in [0.25, 0.3) is 0 Å². The molecule has 0 saturated heterocycles. The molecule has 1 aromatic carbocycles. The van der Waals surface area contributed by atoms with E-state index in [1.807, 2.05) is 35.9 Å². The lowest BCUT2D eigenvalue weighted by atomic mass is 9.96. The largest absolute Gasteiger partial charge is 0.456 e. The SMILES string of the molecule is Cc1cccn2cc(COC(=O)c3ccc(S(=O)(=O)N(C)C4CCCCC4)cc3)nc12. The molecule has 1 aliphatic rings. The van der Waals surface area contributed by atoms with Gasteiger partial charge in [0, 0.05) is 25.5 Å². The molecule has 0 N–H and O–H groups in total. The molecule has 7 nitrogen and oxygen atoms in total. The highest BCUT2D eigenvalue weighted by Gasteiger charge is 2.29. The Morgan fingerprint density at radius 2 is 1.87 bits per heavy atom. The number of rotatable bonds is 6. The van der Waals surface area contributed by atoms with Crippen molar-refractivity contribution in [1.82, 2.24) is 13.7 Å². The topological polar surface area (TPSA) is 81.0 Å². The second-order valence-corrected chi connectivity index (χ2v) is 10.1. The van der Waals surface area contributed by atoms with Gasteiger partial charge in [0.2, 0.25) is 10.0 Å². The smallest absolute Gasteiger partial charge is 0.338 e. The number of sulfonamides is 1. The van der Waals surface area contributed by atoms with Crippen molar-refractivity contribution in [2.45, 2.75) is 56.6 Å². The third-order valence-corrected chi connectivity index (χ3v) is 7.86. The Morgan fingerprint density at radius 1 is 1.16 bits per heavy atom. The molecule has 31 heavy (non-hydrogen) atoms. The zero-order valence-corrected chi connectivity index (χ0v) is 18.6. The number of benzene rings is 1. The lowest BCUT2D eigenvalue weighted by Crippen LogP contribution is -2.38. The van der Waals surface area contributed by atoms with Gasteiger partial charge in [-0.05, 0) is 55.7 Å². The summed E-state index contributed by atoms with van der Waals surface area (Å²) in [6.45, 7) is 2.02. The summed E-state index contributed by atoms with van der Waals surface area (Å²) < 4.78 is 34.6. The number of fused-ring (bicyclic) bond motifs is 1. The van der Waals surface area contributed by atoms with E-state index in [4.69, 9.17) is 4.74 Å². The molecule has 0 radical (unpaired) electrons. The molecule has 164 valence electrons. The molecule has 0 bridgehead atoms. The standard InChI is InChI=1S/C23H27N3O4S/c1-17-7-6-14-26-15-19(24-22(17)26)16-30-23(27)18-10-12-21(13-11-18)31(28,29)25(2)20-8-4-3-5-9-20/h6-7,10-15,20H,3-5,8-9,16H2,1-2H3. The van der Waals surface area contributed by atoms with Crippen molar-refractivity contribution in [3.63, 3.8) is 0 Å². The van der Waals surface area contributed by atoms with Crippen LogP contribution in [0.2, 0.25) is 0 Å². The van der Waals surface area contributed by atoms with Crippen LogP contribution in [0.25, 0.3) is 5.65 Å². The Morgan fingerprint density at radius 3 is 2.55 bits per heavy atom. The van der Waals surface area contributed by atoms with Crippen LogP contribution < -0.4 is 0 Å². The van der Waals surface area contributed by atoms with Crippen molar-refractivity contribution < 1.29 is 17.9 Å². The summed E-state index contributed by atoms with van der Waals surface area (Å²) in [5, 5.41) is 0. The van der Waals surface area contributed by atoms with Gasteiger partial charge in [0.15, 0.2) is 0 Å². The fraction of sp³-hybridized carbons (Fsp3) is 0.391. The van der Waals surface area contributed by atoms with Gasteiger partial charge in [0.1, 0.15) is 12.3 Å². The van der Waals surface area contributed by atoms with Crippen molar-refractivity contribution in [3.8, 4) is 0 Å². The number of carbonyl (C=O) groups excluding carboxylic acids is 1. The second-order valence-electron chi connectivity index (χ2n) is 8.07.